The Hall–Kier alpha value is -4.22. The second-order valence-electron chi connectivity index (χ2n) is 5.91. The molecule has 152 valence electrons. The number of nitrogens with zero attached hydrogens (tertiary/aromatic N) is 2. The highest BCUT2D eigenvalue weighted by Crippen LogP contribution is 2.26. The number of hydrogen-bond donors (Lipinski definition) is 4. The van der Waals surface area contributed by atoms with Gasteiger partial charge in [-0.1, -0.05) is 0 Å². The smallest absolute Gasteiger partial charge is 0.293 e. The van der Waals surface area contributed by atoms with Crippen molar-refractivity contribution in [3.8, 4) is 0 Å². The van der Waals surface area contributed by atoms with Crippen LogP contribution in [0.2, 0.25) is 0 Å². The molecule has 0 aliphatic rings. The molecule has 12 nitrogen and oxygen atoms in total. The molecule has 29 heavy (non-hydrogen) atoms. The van der Waals surface area contributed by atoms with Crippen LogP contribution < -0.4 is 22.1 Å². The highest BCUT2D eigenvalue weighted by Gasteiger charge is 2.17. The van der Waals surface area contributed by atoms with Crippen LogP contribution in [0.5, 0.6) is 0 Å². The number of benzene rings is 2. The van der Waals surface area contributed by atoms with Crippen LogP contribution in [0.15, 0.2) is 36.4 Å². The van der Waals surface area contributed by atoms with Crippen molar-refractivity contribution < 1.29 is 19.4 Å². The third kappa shape index (κ3) is 5.38. The van der Waals surface area contributed by atoms with E-state index in [0.29, 0.717) is 19.5 Å². The van der Waals surface area contributed by atoms with E-state index in [-0.39, 0.29) is 33.9 Å². The van der Waals surface area contributed by atoms with Crippen molar-refractivity contribution in [2.45, 2.75) is 6.42 Å². The molecule has 2 rings (SSSR count). The van der Waals surface area contributed by atoms with Gasteiger partial charge in [-0.05, 0) is 30.7 Å². The third-order valence-electron chi connectivity index (χ3n) is 3.94. The first-order valence-electron chi connectivity index (χ1n) is 8.35. The summed E-state index contributed by atoms with van der Waals surface area (Å²) in [6.45, 7) is 0.633. The quantitative estimate of drug-likeness (QED) is 0.261. The second kappa shape index (κ2) is 9.12. The first-order valence-corrected chi connectivity index (χ1v) is 8.35. The molecule has 2 aromatic carbocycles. The van der Waals surface area contributed by atoms with Gasteiger partial charge in [0.2, 0.25) is 11.8 Å². The van der Waals surface area contributed by atoms with Gasteiger partial charge in [0.15, 0.2) is 0 Å². The van der Waals surface area contributed by atoms with Crippen LogP contribution in [-0.4, -0.2) is 34.8 Å². The van der Waals surface area contributed by atoms with E-state index in [1.165, 1.54) is 24.3 Å². The lowest BCUT2D eigenvalue weighted by Gasteiger charge is -2.10. The van der Waals surface area contributed by atoms with E-state index in [0.717, 1.165) is 12.1 Å². The van der Waals surface area contributed by atoms with Crippen LogP contribution in [0.25, 0.3) is 0 Å². The molecule has 0 atom stereocenters. The molecule has 0 saturated heterocycles. The molecule has 2 aromatic rings. The molecule has 0 saturated carbocycles. The molecule has 0 bridgehead atoms. The Morgan fingerprint density at radius 2 is 1.17 bits per heavy atom. The van der Waals surface area contributed by atoms with Crippen LogP contribution in [0.3, 0.4) is 0 Å². The molecular weight excluding hydrogens is 384 g/mol. The average Bonchev–Trinajstić information content (AvgIpc) is 2.67. The summed E-state index contributed by atoms with van der Waals surface area (Å²) in [4.78, 5) is 43.4. The molecule has 0 unspecified atom stereocenters. The van der Waals surface area contributed by atoms with E-state index >= 15 is 0 Å². The van der Waals surface area contributed by atoms with Crippen molar-refractivity contribution in [1.82, 2.24) is 0 Å². The fourth-order valence-electron chi connectivity index (χ4n) is 2.51. The number of carbonyl (C=O) groups excluding carboxylic acids is 2. The minimum absolute atomic E-state index is 0.0237. The van der Waals surface area contributed by atoms with Gasteiger partial charge in [0.1, 0.15) is 11.4 Å². The van der Waals surface area contributed by atoms with Gasteiger partial charge in [-0.15, -0.1) is 0 Å². The highest BCUT2D eigenvalue weighted by molar-refractivity contribution is 5.95. The Labute approximate surface area is 164 Å². The van der Waals surface area contributed by atoms with Crippen LogP contribution in [0, 0.1) is 20.2 Å². The van der Waals surface area contributed by atoms with E-state index in [2.05, 4.69) is 10.6 Å². The van der Waals surface area contributed by atoms with Gasteiger partial charge in [-0.25, -0.2) is 0 Å². The predicted molar refractivity (Wildman–Crippen MR) is 105 cm³/mol. The number of amides is 2. The summed E-state index contributed by atoms with van der Waals surface area (Å²) in [5, 5.41) is 28.1. The lowest BCUT2D eigenvalue weighted by atomic mass is 10.1. The standard InChI is InChI=1S/C17H18N6O6/c18-16(24)10-2-4-12(14(8-10)22(26)27)20-6-1-7-21-13-5-3-11(17(19)25)9-15(13)23(28)29/h2-5,8-9,20-21H,1,6-7H2,(H2,18,24)(H2,19,25). The normalized spacial score (nSPS) is 10.2. The Morgan fingerprint density at radius 1 is 0.793 bits per heavy atom. The summed E-state index contributed by atoms with van der Waals surface area (Å²) < 4.78 is 0. The first-order chi connectivity index (χ1) is 13.7. The van der Waals surface area contributed by atoms with Gasteiger partial charge < -0.3 is 22.1 Å². The van der Waals surface area contributed by atoms with Crippen molar-refractivity contribution in [3.05, 3.63) is 67.8 Å². The first kappa shape index (κ1) is 21.1. The monoisotopic (exact) mass is 402 g/mol. The summed E-state index contributed by atoms with van der Waals surface area (Å²) in [7, 11) is 0. The van der Waals surface area contributed by atoms with Gasteiger partial charge in [0.05, 0.1) is 9.85 Å². The largest absolute Gasteiger partial charge is 0.379 e. The molecule has 0 aliphatic carbocycles. The van der Waals surface area contributed by atoms with Crippen LogP contribution in [-0.2, 0) is 0 Å². The fourth-order valence-corrected chi connectivity index (χ4v) is 2.51. The van der Waals surface area contributed by atoms with Crippen molar-refractivity contribution in [2.24, 2.45) is 11.5 Å². The number of primary amides is 2. The maximum absolute atomic E-state index is 11.2. The van der Waals surface area contributed by atoms with E-state index in [9.17, 15) is 29.8 Å². The number of nitrogens with one attached hydrogen (secondary N) is 2. The van der Waals surface area contributed by atoms with E-state index in [4.69, 9.17) is 11.5 Å². The van der Waals surface area contributed by atoms with Crippen LogP contribution >= 0.6 is 0 Å². The summed E-state index contributed by atoms with van der Waals surface area (Å²) >= 11 is 0. The Kier molecular flexibility index (Phi) is 6.63. The summed E-state index contributed by atoms with van der Waals surface area (Å²) in [6, 6.07) is 7.70. The summed E-state index contributed by atoms with van der Waals surface area (Å²) in [5.74, 6) is -1.54. The molecular formula is C17H18N6O6. The zero-order valence-electron chi connectivity index (χ0n) is 15.1. The average molecular weight is 402 g/mol. The SMILES string of the molecule is NC(=O)c1ccc(NCCCNc2ccc(C(N)=O)cc2[N+](=O)[O-])c([N+](=O)[O-])c1. The van der Waals surface area contributed by atoms with Crippen LogP contribution in [0.1, 0.15) is 27.1 Å². The molecule has 0 spiro atoms. The number of hydrogen-bond acceptors (Lipinski definition) is 8. The van der Waals surface area contributed by atoms with Gasteiger partial charge >= 0.3 is 0 Å². The number of anilines is 2. The van der Waals surface area contributed by atoms with Crippen molar-refractivity contribution >= 4 is 34.6 Å². The molecule has 0 aliphatic heterocycles. The molecule has 12 heteroatoms. The highest BCUT2D eigenvalue weighted by atomic mass is 16.6. The van der Waals surface area contributed by atoms with Gasteiger partial charge in [0.25, 0.3) is 11.4 Å². The van der Waals surface area contributed by atoms with Gasteiger partial charge in [-0.3, -0.25) is 29.8 Å². The third-order valence-corrected chi connectivity index (χ3v) is 3.94. The molecule has 0 aromatic heterocycles. The molecule has 2 amide bonds. The molecule has 0 heterocycles. The lowest BCUT2D eigenvalue weighted by molar-refractivity contribution is -0.384. The summed E-state index contributed by atoms with van der Waals surface area (Å²) in [6.07, 6.45) is 0.462. The molecule has 0 fully saturated rings. The van der Waals surface area contributed by atoms with Crippen molar-refractivity contribution in [2.75, 3.05) is 23.7 Å². The maximum Gasteiger partial charge on any atom is 0.293 e. The minimum atomic E-state index is -0.771. The Morgan fingerprint density at radius 3 is 1.48 bits per heavy atom. The van der Waals surface area contributed by atoms with Gasteiger partial charge in [0, 0.05) is 36.3 Å². The second-order valence-corrected chi connectivity index (χ2v) is 5.91. The van der Waals surface area contributed by atoms with Crippen molar-refractivity contribution in [1.29, 1.82) is 0 Å². The van der Waals surface area contributed by atoms with Gasteiger partial charge in [-0.2, -0.15) is 0 Å². The Balaban J connectivity index is 1.97. The minimum Gasteiger partial charge on any atom is -0.379 e. The topological polar surface area (TPSA) is 197 Å². The number of nitro benzene ring substituents is 2. The van der Waals surface area contributed by atoms with E-state index in [1.54, 1.807) is 0 Å². The summed E-state index contributed by atoms with van der Waals surface area (Å²) in [5.41, 5.74) is 10.2. The van der Waals surface area contributed by atoms with E-state index in [1.807, 2.05) is 0 Å². The zero-order chi connectivity index (χ0) is 21.6. The molecule has 0 radical (unpaired) electrons. The number of nitrogens with two attached hydrogens (primary N) is 2. The number of nitro groups is 2. The Bertz CT molecular complexity index is 899. The van der Waals surface area contributed by atoms with Crippen molar-refractivity contribution in [3.63, 3.8) is 0 Å². The maximum atomic E-state index is 11.2. The zero-order valence-corrected chi connectivity index (χ0v) is 15.1. The lowest BCUT2D eigenvalue weighted by Crippen LogP contribution is -2.14. The van der Waals surface area contributed by atoms with E-state index < -0.39 is 21.7 Å². The predicted octanol–water partition coefficient (Wildman–Crippen LogP) is 1.61. The van der Waals surface area contributed by atoms with Crippen LogP contribution in [0.4, 0.5) is 22.7 Å². The fraction of sp³-hybridized carbons (Fsp3) is 0.176. The molecule has 6 N–H and O–H groups in total. The number of carbonyl (C=O) groups is 2. The number of rotatable bonds is 10.